The number of nitrogens with two attached hydrogens (primary N) is 2. The fraction of sp³-hybridized carbons (Fsp3) is 0.415. The molecule has 1 amide bonds. The number of aromatic nitrogens is 2. The minimum Gasteiger partial charge on any atom is -0.478 e. The fourth-order valence-electron chi connectivity index (χ4n) is 12.9. The standard InChI is InChI=1S/C32H37FN6O3S.C23H26N2O2.C10H16N4O2S/c1-21-17-22(2)30(32(40)39-15-13-38(14-16-39)31-29(43(35,41)42)5-4-10-36-31)23(3)27(21)18-24-8-11-37(12-9-24)28-7-6-26(33)19-25(28)20-34;1-15-12-16(2)22(23(26)27)17(3)20(15)13-18-8-10-25(11-9-18)21-7-5-4-6-19(21)14-24;1-8-7-14(6-5-12-8)10-9(17(11,15)16)3-2-4-13-10/h4-7,10,17,19,24H,8-9,11-16,18H2,1-3H3,(H2,35,41,42);4-7,12,18H,8-11,13H2,1-3H3,(H,26,27);2-4,8,12H,5-7H2,1H3,(H2,11,15,16)/t;;8-/m..0/s1. The van der Waals surface area contributed by atoms with E-state index in [4.69, 9.17) is 10.3 Å². The number of nitrogens with one attached hydrogen (secondary N) is 1. The van der Waals surface area contributed by atoms with Gasteiger partial charge in [0.15, 0.2) is 0 Å². The first-order chi connectivity index (χ1) is 41.4. The minimum atomic E-state index is -3.92. The Morgan fingerprint density at radius 1 is 0.609 bits per heavy atom. The second kappa shape index (κ2) is 28.2. The number of carbonyl (C=O) groups is 2. The Morgan fingerprint density at radius 3 is 1.59 bits per heavy atom. The molecule has 6 N–H and O–H groups in total. The van der Waals surface area contributed by atoms with Crippen molar-refractivity contribution in [1.29, 1.82) is 10.5 Å². The molecule has 460 valence electrons. The molecule has 10 rings (SSSR count). The molecule has 1 atom stereocenters. The highest BCUT2D eigenvalue weighted by atomic mass is 32.2. The number of halogens is 1. The number of carboxylic acid groups (broad SMARTS) is 1. The zero-order valence-corrected chi connectivity index (χ0v) is 52.3. The maximum Gasteiger partial charge on any atom is 0.336 e. The first-order valence-electron chi connectivity index (χ1n) is 29.5. The lowest BCUT2D eigenvalue weighted by Crippen LogP contribution is -2.50. The molecule has 4 saturated heterocycles. The number of carbonyl (C=O) groups excluding carboxylic acids is 1. The van der Waals surface area contributed by atoms with Crippen LogP contribution in [0.15, 0.2) is 101 Å². The van der Waals surface area contributed by atoms with E-state index in [9.17, 15) is 46.4 Å². The van der Waals surface area contributed by atoms with Crippen molar-refractivity contribution in [3.05, 3.63) is 164 Å². The molecule has 2 aromatic heterocycles. The van der Waals surface area contributed by atoms with E-state index < -0.39 is 31.8 Å². The second-order valence-corrected chi connectivity index (χ2v) is 26.3. The number of primary sulfonamides is 2. The van der Waals surface area contributed by atoms with E-state index in [1.54, 1.807) is 24.4 Å². The zero-order valence-electron chi connectivity index (χ0n) is 50.7. The highest BCUT2D eigenvalue weighted by Gasteiger charge is 2.31. The van der Waals surface area contributed by atoms with Gasteiger partial charge in [-0.2, -0.15) is 10.5 Å². The highest BCUT2D eigenvalue weighted by Crippen LogP contribution is 2.35. The average Bonchev–Trinajstić information content (AvgIpc) is 3.43. The van der Waals surface area contributed by atoms with Crippen LogP contribution in [0.25, 0.3) is 0 Å². The molecule has 6 aromatic rings. The number of piperazine rings is 2. The second-order valence-electron chi connectivity index (χ2n) is 23.3. The Hall–Kier alpha value is -7.99. The number of aromatic carboxylic acids is 1. The number of nitrogens with zero attached hydrogens (tertiary/aromatic N) is 9. The van der Waals surface area contributed by atoms with Crippen molar-refractivity contribution in [2.45, 2.75) is 103 Å². The Kier molecular flexibility index (Phi) is 21.1. The summed E-state index contributed by atoms with van der Waals surface area (Å²) in [6.45, 7) is 21.5. The smallest absolute Gasteiger partial charge is 0.336 e. The van der Waals surface area contributed by atoms with E-state index >= 15 is 0 Å². The summed E-state index contributed by atoms with van der Waals surface area (Å²) in [6.07, 6.45) is 8.89. The van der Waals surface area contributed by atoms with Crippen LogP contribution < -0.4 is 35.2 Å². The molecule has 0 bridgehead atoms. The van der Waals surface area contributed by atoms with Gasteiger partial charge in [0.1, 0.15) is 39.4 Å². The summed E-state index contributed by atoms with van der Waals surface area (Å²) in [5.41, 5.74) is 12.5. The van der Waals surface area contributed by atoms with Gasteiger partial charge < -0.3 is 34.9 Å². The van der Waals surface area contributed by atoms with E-state index in [-0.39, 0.29) is 15.7 Å². The number of amides is 1. The minimum absolute atomic E-state index is 0.0150. The van der Waals surface area contributed by atoms with Crippen molar-refractivity contribution in [1.82, 2.24) is 20.2 Å². The van der Waals surface area contributed by atoms with E-state index in [1.807, 2.05) is 79.7 Å². The van der Waals surface area contributed by atoms with Crippen molar-refractivity contribution >= 4 is 54.9 Å². The number of para-hydroxylation sites is 1. The number of carboxylic acids is 1. The number of anilines is 4. The van der Waals surface area contributed by atoms with Crippen LogP contribution in [-0.2, 0) is 32.9 Å². The third-order valence-corrected chi connectivity index (χ3v) is 19.2. The molecular weight excluding hydrogens is 1140 g/mol. The van der Waals surface area contributed by atoms with Crippen LogP contribution in [0.5, 0.6) is 0 Å². The van der Waals surface area contributed by atoms with Crippen LogP contribution in [0.4, 0.5) is 27.4 Å². The molecule has 0 aliphatic carbocycles. The molecule has 4 aliphatic heterocycles. The number of hydrogen-bond donors (Lipinski definition) is 4. The van der Waals surface area contributed by atoms with Gasteiger partial charge in [0.2, 0.25) is 20.0 Å². The Balaban J connectivity index is 0.000000189. The third-order valence-electron chi connectivity index (χ3n) is 17.3. The van der Waals surface area contributed by atoms with Gasteiger partial charge in [-0.1, -0.05) is 24.3 Å². The van der Waals surface area contributed by atoms with E-state index in [0.29, 0.717) is 66.8 Å². The maximum absolute atomic E-state index is 13.9. The van der Waals surface area contributed by atoms with Crippen LogP contribution in [0.1, 0.15) is 109 Å². The number of piperidine rings is 2. The third kappa shape index (κ3) is 15.6. The van der Waals surface area contributed by atoms with E-state index in [0.717, 1.165) is 129 Å². The van der Waals surface area contributed by atoms with Crippen molar-refractivity contribution in [2.75, 3.05) is 91.6 Å². The van der Waals surface area contributed by atoms with Gasteiger partial charge in [0.25, 0.3) is 5.91 Å². The zero-order chi connectivity index (χ0) is 62.9. The molecule has 0 saturated carbocycles. The quantitative estimate of drug-likeness (QED) is 0.0897. The molecule has 22 heteroatoms. The fourth-order valence-corrected chi connectivity index (χ4v) is 14.3. The number of sulfonamides is 2. The first kappa shape index (κ1) is 65.0. The van der Waals surface area contributed by atoms with Gasteiger partial charge in [0, 0.05) is 96.0 Å². The molecule has 0 unspecified atom stereocenters. The first-order valence-corrected chi connectivity index (χ1v) is 32.6. The molecule has 6 heterocycles. The van der Waals surface area contributed by atoms with Gasteiger partial charge in [-0.05, 0) is 198 Å². The molecule has 19 nitrogen and oxygen atoms in total. The lowest BCUT2D eigenvalue weighted by molar-refractivity contribution is 0.0693. The van der Waals surface area contributed by atoms with Gasteiger partial charge in [-0.3, -0.25) is 4.79 Å². The maximum atomic E-state index is 13.9. The number of aryl methyl sites for hydroxylation is 4. The number of pyridine rings is 2. The summed E-state index contributed by atoms with van der Waals surface area (Å²) in [6, 6.07) is 27.0. The van der Waals surface area contributed by atoms with Gasteiger partial charge in [-0.25, -0.2) is 46.3 Å². The molecule has 87 heavy (non-hydrogen) atoms. The van der Waals surface area contributed by atoms with E-state index in [1.165, 1.54) is 52.7 Å². The molecule has 0 spiro atoms. The monoisotopic (exact) mass is 1220 g/mol. The van der Waals surface area contributed by atoms with Crippen molar-refractivity contribution in [3.8, 4) is 12.1 Å². The van der Waals surface area contributed by atoms with Crippen molar-refractivity contribution < 1.29 is 35.9 Å². The predicted molar refractivity (Wildman–Crippen MR) is 337 cm³/mol. The summed E-state index contributed by atoms with van der Waals surface area (Å²) in [7, 11) is -7.65. The lowest BCUT2D eigenvalue weighted by atomic mass is 9.83. The summed E-state index contributed by atoms with van der Waals surface area (Å²) < 4.78 is 60.7. The largest absolute Gasteiger partial charge is 0.478 e. The van der Waals surface area contributed by atoms with Gasteiger partial charge in [-0.15, -0.1) is 0 Å². The summed E-state index contributed by atoms with van der Waals surface area (Å²) in [4.78, 5) is 44.1. The summed E-state index contributed by atoms with van der Waals surface area (Å²) in [5, 5.41) is 42.2. The molecule has 4 aliphatic rings. The van der Waals surface area contributed by atoms with Crippen LogP contribution in [0, 0.1) is 81.9 Å². The van der Waals surface area contributed by atoms with Crippen LogP contribution in [0.2, 0.25) is 0 Å². The number of nitriles is 2. The number of hydrogen-bond acceptors (Lipinski definition) is 15. The van der Waals surface area contributed by atoms with E-state index in [2.05, 4.69) is 57.1 Å². The molecule has 0 radical (unpaired) electrons. The molecule has 4 fully saturated rings. The molecular formula is C65H79FN12O7S2. The SMILES string of the molecule is C[C@H]1CN(c2ncccc2S(N)(=O)=O)CCN1.Cc1cc(C)c(C(=O)N2CCN(c3ncccc3S(N)(=O)=O)CC2)c(C)c1CC1CCN(c2ccc(F)cc2C#N)CC1.Cc1cc(C)c(C(=O)O)c(C)c1CC1CCN(c2ccccc2C#N)CC1. The van der Waals surface area contributed by atoms with Crippen LogP contribution in [-0.4, -0.2) is 127 Å². The van der Waals surface area contributed by atoms with Crippen molar-refractivity contribution in [3.63, 3.8) is 0 Å². The Bertz CT molecular complexity index is 3830. The normalized spacial score (nSPS) is 16.9. The predicted octanol–water partition coefficient (Wildman–Crippen LogP) is 8.25. The Labute approximate surface area is 511 Å². The number of benzene rings is 4. The van der Waals surface area contributed by atoms with Crippen LogP contribution in [0.3, 0.4) is 0 Å². The summed E-state index contributed by atoms with van der Waals surface area (Å²) in [5.74, 6) is 0.474. The Morgan fingerprint density at radius 2 is 1.09 bits per heavy atom. The highest BCUT2D eigenvalue weighted by molar-refractivity contribution is 7.89. The number of rotatable bonds is 12. The van der Waals surface area contributed by atoms with Crippen molar-refractivity contribution in [2.24, 2.45) is 22.1 Å². The topological polar surface area (TPSA) is 276 Å². The average molecular weight is 1220 g/mol. The molecule has 4 aromatic carbocycles. The lowest BCUT2D eigenvalue weighted by Gasteiger charge is -2.37. The summed E-state index contributed by atoms with van der Waals surface area (Å²) >= 11 is 0. The van der Waals surface area contributed by atoms with Gasteiger partial charge >= 0.3 is 5.97 Å². The van der Waals surface area contributed by atoms with Gasteiger partial charge in [0.05, 0.1) is 28.1 Å². The van der Waals surface area contributed by atoms with Crippen LogP contribution >= 0.6 is 0 Å².